The van der Waals surface area contributed by atoms with Crippen LogP contribution in [0, 0.1) is 0 Å². The number of hydrogen-bond donors (Lipinski definition) is 0. The highest BCUT2D eigenvalue weighted by molar-refractivity contribution is 9.10. The van der Waals surface area contributed by atoms with Gasteiger partial charge in [-0.25, -0.2) is 0 Å². The number of rotatable bonds is 4. The number of carbonyl (C=O) groups excluding carboxylic acids is 1. The van der Waals surface area contributed by atoms with Crippen LogP contribution in [0.1, 0.15) is 41.3 Å². The van der Waals surface area contributed by atoms with Crippen molar-refractivity contribution >= 4 is 59.6 Å². The van der Waals surface area contributed by atoms with Crippen molar-refractivity contribution in [2.24, 2.45) is 0 Å². The molecular weight excluding hydrogens is 460 g/mol. The van der Waals surface area contributed by atoms with E-state index in [1.807, 2.05) is 24.3 Å². The summed E-state index contributed by atoms with van der Waals surface area (Å²) in [4.78, 5) is 12.9. The van der Waals surface area contributed by atoms with E-state index in [1.54, 1.807) is 12.1 Å². The van der Waals surface area contributed by atoms with Crippen LogP contribution in [0.15, 0.2) is 54.2 Å². The minimum Gasteiger partial charge on any atom is -0.452 e. The molecule has 5 heteroatoms. The van der Waals surface area contributed by atoms with Crippen LogP contribution >= 0.6 is 31.9 Å². The Hall–Kier alpha value is -1.85. The second-order valence-electron chi connectivity index (χ2n) is 6.22. The average molecular weight is 476 g/mol. The Balaban J connectivity index is 1.83. The summed E-state index contributed by atoms with van der Waals surface area (Å²) in [5.41, 5.74) is 3.64. The zero-order valence-corrected chi connectivity index (χ0v) is 17.5. The Morgan fingerprint density at radius 1 is 0.769 bits per heavy atom. The van der Waals surface area contributed by atoms with Gasteiger partial charge >= 0.3 is 0 Å². The topological polar surface area (TPSA) is 43.4 Å². The quantitative estimate of drug-likeness (QED) is 0.296. The molecule has 4 rings (SSSR count). The Morgan fingerprint density at radius 3 is 1.58 bits per heavy atom. The van der Waals surface area contributed by atoms with Gasteiger partial charge in [0.15, 0.2) is 11.5 Å². The number of carbonyl (C=O) groups is 1. The van der Waals surface area contributed by atoms with Crippen molar-refractivity contribution < 1.29 is 13.6 Å². The van der Waals surface area contributed by atoms with E-state index in [9.17, 15) is 4.79 Å². The monoisotopic (exact) mass is 474 g/mol. The molecule has 0 atom stereocenters. The second-order valence-corrected chi connectivity index (χ2v) is 8.06. The first kappa shape index (κ1) is 17.6. The summed E-state index contributed by atoms with van der Waals surface area (Å²) < 4.78 is 13.7. The van der Waals surface area contributed by atoms with Crippen LogP contribution in [0.5, 0.6) is 0 Å². The van der Waals surface area contributed by atoms with Crippen LogP contribution < -0.4 is 0 Å². The highest BCUT2D eigenvalue weighted by Crippen LogP contribution is 2.32. The summed E-state index contributed by atoms with van der Waals surface area (Å²) in [5, 5.41) is 1.82. The number of ketones is 1. The van der Waals surface area contributed by atoms with Gasteiger partial charge in [0.25, 0.3) is 5.78 Å². The molecule has 0 fully saturated rings. The first-order valence-electron chi connectivity index (χ1n) is 8.48. The number of furan rings is 2. The van der Waals surface area contributed by atoms with E-state index >= 15 is 0 Å². The van der Waals surface area contributed by atoms with Crippen molar-refractivity contribution in [1.82, 2.24) is 0 Å². The summed E-state index contributed by atoms with van der Waals surface area (Å²) in [6, 6.07) is 11.5. The molecule has 0 aliphatic rings. The zero-order chi connectivity index (χ0) is 18.4. The second kappa shape index (κ2) is 6.71. The van der Waals surface area contributed by atoms with E-state index in [0.29, 0.717) is 11.5 Å². The minimum atomic E-state index is -0.242. The van der Waals surface area contributed by atoms with Gasteiger partial charge in [-0.2, -0.15) is 0 Å². The van der Waals surface area contributed by atoms with Crippen molar-refractivity contribution in [2.45, 2.75) is 26.7 Å². The fraction of sp³-hybridized carbons (Fsp3) is 0.190. The molecular formula is C21H16Br2O3. The van der Waals surface area contributed by atoms with Crippen LogP contribution in [-0.4, -0.2) is 5.78 Å². The van der Waals surface area contributed by atoms with Gasteiger partial charge in [0.1, 0.15) is 11.2 Å². The van der Waals surface area contributed by atoms with E-state index in [4.69, 9.17) is 8.83 Å². The van der Waals surface area contributed by atoms with E-state index < -0.39 is 0 Å². The molecule has 0 saturated heterocycles. The number of aryl methyl sites for hydroxylation is 2. The summed E-state index contributed by atoms with van der Waals surface area (Å²) in [6.07, 6.45) is 1.66. The van der Waals surface area contributed by atoms with Gasteiger partial charge in [0.2, 0.25) is 0 Å². The highest BCUT2D eigenvalue weighted by Gasteiger charge is 2.21. The largest absolute Gasteiger partial charge is 0.452 e. The third-order valence-electron chi connectivity index (χ3n) is 4.53. The minimum absolute atomic E-state index is 0.242. The highest BCUT2D eigenvalue weighted by atomic mass is 79.9. The first-order valence-corrected chi connectivity index (χ1v) is 10.1. The van der Waals surface area contributed by atoms with Crippen LogP contribution in [0.25, 0.3) is 21.9 Å². The maximum atomic E-state index is 12.9. The van der Waals surface area contributed by atoms with Crippen LogP contribution in [0.4, 0.5) is 0 Å². The van der Waals surface area contributed by atoms with Crippen molar-refractivity contribution in [3.05, 3.63) is 68.0 Å². The fourth-order valence-corrected chi connectivity index (χ4v) is 4.29. The molecule has 0 aliphatic heterocycles. The standard InChI is InChI=1S/C21H16Br2O3/c1-3-11-5-15(22)7-13-9-17(25-20(11)13)19(24)18-10-14-8-16(23)6-12(4-2)21(14)26-18/h5-10H,3-4H2,1-2H3. The summed E-state index contributed by atoms with van der Waals surface area (Å²) >= 11 is 7.02. The van der Waals surface area contributed by atoms with Gasteiger partial charge in [-0.1, -0.05) is 45.7 Å². The third-order valence-corrected chi connectivity index (χ3v) is 5.44. The molecule has 2 aromatic heterocycles. The average Bonchev–Trinajstić information content (AvgIpc) is 3.23. The Bertz CT molecular complexity index is 1060. The summed E-state index contributed by atoms with van der Waals surface area (Å²) in [5.74, 6) is 0.349. The van der Waals surface area contributed by atoms with Crippen molar-refractivity contribution in [2.75, 3.05) is 0 Å². The lowest BCUT2D eigenvalue weighted by Crippen LogP contribution is -1.96. The van der Waals surface area contributed by atoms with Gasteiger partial charge < -0.3 is 8.83 Å². The van der Waals surface area contributed by atoms with E-state index in [0.717, 1.165) is 54.9 Å². The van der Waals surface area contributed by atoms with Crippen LogP contribution in [-0.2, 0) is 12.8 Å². The Kier molecular flexibility index (Phi) is 4.53. The zero-order valence-electron chi connectivity index (χ0n) is 14.4. The maximum Gasteiger partial charge on any atom is 0.263 e. The molecule has 2 heterocycles. The van der Waals surface area contributed by atoms with Gasteiger partial charge in [0.05, 0.1) is 0 Å². The number of benzene rings is 2. The van der Waals surface area contributed by atoms with Crippen LogP contribution in [0.3, 0.4) is 0 Å². The molecule has 0 bridgehead atoms. The van der Waals surface area contributed by atoms with Crippen molar-refractivity contribution in [3.8, 4) is 0 Å². The molecule has 0 radical (unpaired) electrons. The van der Waals surface area contributed by atoms with Crippen molar-refractivity contribution in [1.29, 1.82) is 0 Å². The van der Waals surface area contributed by atoms with Gasteiger partial charge in [-0.3, -0.25) is 4.79 Å². The predicted octanol–water partition coefficient (Wildman–Crippen LogP) is 7.06. The molecule has 0 aliphatic carbocycles. The lowest BCUT2D eigenvalue weighted by atomic mass is 10.1. The number of hydrogen-bond acceptors (Lipinski definition) is 3. The maximum absolute atomic E-state index is 12.9. The van der Waals surface area contributed by atoms with E-state index in [-0.39, 0.29) is 5.78 Å². The van der Waals surface area contributed by atoms with E-state index in [2.05, 4.69) is 45.7 Å². The smallest absolute Gasteiger partial charge is 0.263 e. The molecule has 0 N–H and O–H groups in total. The number of halogens is 2. The summed E-state index contributed by atoms with van der Waals surface area (Å²) in [6.45, 7) is 4.13. The van der Waals surface area contributed by atoms with Crippen molar-refractivity contribution in [3.63, 3.8) is 0 Å². The normalized spacial score (nSPS) is 11.5. The molecule has 2 aromatic carbocycles. The SMILES string of the molecule is CCc1cc(Br)cc2cc(C(=O)c3cc4cc(Br)cc(CC)c4o3)oc12. The molecule has 26 heavy (non-hydrogen) atoms. The van der Waals surface area contributed by atoms with Gasteiger partial charge in [-0.15, -0.1) is 0 Å². The molecule has 0 spiro atoms. The third kappa shape index (κ3) is 2.93. The predicted molar refractivity (Wildman–Crippen MR) is 110 cm³/mol. The van der Waals surface area contributed by atoms with Gasteiger partial charge in [-0.05, 0) is 60.4 Å². The van der Waals surface area contributed by atoms with E-state index in [1.165, 1.54) is 0 Å². The molecule has 0 saturated carbocycles. The molecule has 4 aromatic rings. The lowest BCUT2D eigenvalue weighted by Gasteiger charge is -1.99. The fourth-order valence-electron chi connectivity index (χ4n) is 3.24. The summed E-state index contributed by atoms with van der Waals surface area (Å²) in [7, 11) is 0. The Morgan fingerprint density at radius 2 is 1.19 bits per heavy atom. The molecule has 0 unspecified atom stereocenters. The molecule has 132 valence electrons. The van der Waals surface area contributed by atoms with Crippen LogP contribution in [0.2, 0.25) is 0 Å². The Labute approximate surface area is 167 Å². The first-order chi connectivity index (χ1) is 12.5. The lowest BCUT2D eigenvalue weighted by molar-refractivity contribution is 0.0987. The van der Waals surface area contributed by atoms with Gasteiger partial charge in [0, 0.05) is 19.7 Å². The number of fused-ring (bicyclic) bond motifs is 2. The molecule has 3 nitrogen and oxygen atoms in total. The molecule has 0 amide bonds.